The Morgan fingerprint density at radius 2 is 2.36 bits per heavy atom. The molecule has 11 heavy (non-hydrogen) atoms. The Kier molecular flexibility index (Phi) is 2.75. The number of rotatable bonds is 5. The molecular weight excluding hydrogens is 134 g/mol. The molecule has 0 bridgehead atoms. The topological polar surface area (TPSA) is 12.0 Å². The third-order valence-electron chi connectivity index (χ3n) is 1.73. The normalized spacial score (nSPS) is 14.6. The van der Waals surface area contributed by atoms with Gasteiger partial charge in [-0.15, -0.1) is 0 Å². The Labute approximate surface area is 69.2 Å². The summed E-state index contributed by atoms with van der Waals surface area (Å²) in [6, 6.07) is 0.524. The molecule has 1 aliphatic carbocycles. The summed E-state index contributed by atoms with van der Waals surface area (Å²) in [6.45, 7) is 8.24. The Balaban J connectivity index is 2.05. The summed E-state index contributed by atoms with van der Waals surface area (Å²) in [7, 11) is 0. The largest absolute Gasteiger partial charge is 0.387 e. The van der Waals surface area contributed by atoms with E-state index < -0.39 is 0 Å². The molecule has 0 aliphatic heterocycles. The van der Waals surface area contributed by atoms with Gasteiger partial charge in [0.25, 0.3) is 0 Å². The number of hydrogen-bond acceptors (Lipinski definition) is 1. The summed E-state index contributed by atoms with van der Waals surface area (Å²) in [6.07, 6.45) is 5.83. The van der Waals surface area contributed by atoms with E-state index in [1.165, 1.54) is 18.5 Å². The van der Waals surface area contributed by atoms with Gasteiger partial charge >= 0.3 is 0 Å². The van der Waals surface area contributed by atoms with Gasteiger partial charge in [-0.05, 0) is 33.1 Å². The van der Waals surface area contributed by atoms with Gasteiger partial charge in [-0.25, -0.2) is 0 Å². The minimum Gasteiger partial charge on any atom is -0.387 e. The zero-order chi connectivity index (χ0) is 8.27. The van der Waals surface area contributed by atoms with Gasteiger partial charge in [0, 0.05) is 11.7 Å². The van der Waals surface area contributed by atoms with Crippen LogP contribution in [0.3, 0.4) is 0 Å². The lowest BCUT2D eigenvalue weighted by atomic mass is 10.2. The van der Waals surface area contributed by atoms with Crippen LogP contribution in [0.4, 0.5) is 0 Å². The van der Waals surface area contributed by atoms with E-state index in [1.807, 2.05) is 0 Å². The lowest BCUT2D eigenvalue weighted by molar-refractivity contribution is 0.643. The van der Waals surface area contributed by atoms with E-state index in [4.69, 9.17) is 0 Å². The van der Waals surface area contributed by atoms with Crippen molar-refractivity contribution in [2.24, 2.45) is 0 Å². The van der Waals surface area contributed by atoms with E-state index in [1.54, 1.807) is 5.57 Å². The summed E-state index contributed by atoms with van der Waals surface area (Å²) in [5, 5.41) is 3.30. The maximum Gasteiger partial charge on any atom is 0.0201 e. The molecule has 1 rings (SSSR count). The molecule has 0 spiro atoms. The van der Waals surface area contributed by atoms with Gasteiger partial charge in [0.15, 0.2) is 0 Å². The molecule has 0 aromatic heterocycles. The minimum absolute atomic E-state index is 0.524. The molecule has 1 heteroatoms. The average molecular weight is 151 g/mol. The van der Waals surface area contributed by atoms with Crippen LogP contribution in [0.2, 0.25) is 0 Å². The average Bonchev–Trinajstić information content (AvgIpc) is 2.63. The molecular formula is C10H17N. The van der Waals surface area contributed by atoms with Gasteiger partial charge in [-0.1, -0.05) is 18.2 Å². The summed E-state index contributed by atoms with van der Waals surface area (Å²) in [4.78, 5) is 0. The van der Waals surface area contributed by atoms with Crippen molar-refractivity contribution < 1.29 is 0 Å². The van der Waals surface area contributed by atoms with Crippen LogP contribution in [0.15, 0.2) is 23.9 Å². The first-order chi connectivity index (χ1) is 5.18. The van der Waals surface area contributed by atoms with Gasteiger partial charge in [0.2, 0.25) is 0 Å². The lowest BCUT2D eigenvalue weighted by Crippen LogP contribution is -2.21. The van der Waals surface area contributed by atoms with Crippen LogP contribution >= 0.6 is 0 Å². The number of nitrogens with one attached hydrogen (secondary N) is 1. The summed E-state index contributed by atoms with van der Waals surface area (Å²) in [5.74, 6) is 0. The monoisotopic (exact) mass is 151 g/mol. The molecule has 0 fully saturated rings. The first kappa shape index (κ1) is 8.38. The standard InChI is InChI=1S/C10H17N/c1-8(2)11-9(3)4-5-10-6-7-10/h6,8,11H,3-5,7H2,1-2H3. The maximum absolute atomic E-state index is 3.96. The molecule has 1 N–H and O–H groups in total. The van der Waals surface area contributed by atoms with E-state index in [0.717, 1.165) is 6.42 Å². The second kappa shape index (κ2) is 3.61. The Morgan fingerprint density at radius 3 is 2.82 bits per heavy atom. The molecule has 1 nitrogen and oxygen atoms in total. The van der Waals surface area contributed by atoms with Crippen LogP contribution in [0.25, 0.3) is 0 Å². The van der Waals surface area contributed by atoms with E-state index in [-0.39, 0.29) is 0 Å². The smallest absolute Gasteiger partial charge is 0.0201 e. The fraction of sp³-hybridized carbons (Fsp3) is 0.600. The third-order valence-corrected chi connectivity index (χ3v) is 1.73. The van der Waals surface area contributed by atoms with E-state index in [0.29, 0.717) is 6.04 Å². The second-order valence-electron chi connectivity index (χ2n) is 3.47. The second-order valence-corrected chi connectivity index (χ2v) is 3.47. The van der Waals surface area contributed by atoms with Gasteiger partial charge in [0.1, 0.15) is 0 Å². The van der Waals surface area contributed by atoms with Crippen molar-refractivity contribution >= 4 is 0 Å². The van der Waals surface area contributed by atoms with Crippen molar-refractivity contribution in [2.75, 3.05) is 0 Å². The Morgan fingerprint density at radius 1 is 1.73 bits per heavy atom. The van der Waals surface area contributed by atoms with Crippen LogP contribution < -0.4 is 5.32 Å². The van der Waals surface area contributed by atoms with Crippen molar-refractivity contribution in [1.29, 1.82) is 0 Å². The van der Waals surface area contributed by atoms with Gasteiger partial charge in [-0.3, -0.25) is 0 Å². The third kappa shape index (κ3) is 3.87. The highest BCUT2D eigenvalue weighted by Gasteiger charge is 2.06. The fourth-order valence-corrected chi connectivity index (χ4v) is 1.07. The highest BCUT2D eigenvalue weighted by Crippen LogP contribution is 2.24. The quantitative estimate of drug-likeness (QED) is 0.595. The van der Waals surface area contributed by atoms with Gasteiger partial charge in [-0.2, -0.15) is 0 Å². The fourth-order valence-electron chi connectivity index (χ4n) is 1.07. The molecule has 1 aliphatic rings. The molecule has 0 atom stereocenters. The molecule has 0 amide bonds. The van der Waals surface area contributed by atoms with Crippen molar-refractivity contribution in [3.05, 3.63) is 23.9 Å². The summed E-state index contributed by atoms with van der Waals surface area (Å²) < 4.78 is 0. The van der Waals surface area contributed by atoms with Crippen molar-refractivity contribution in [1.82, 2.24) is 5.32 Å². The van der Waals surface area contributed by atoms with Crippen LogP contribution in [-0.2, 0) is 0 Å². The van der Waals surface area contributed by atoms with Crippen LogP contribution in [0.1, 0.15) is 33.1 Å². The van der Waals surface area contributed by atoms with Gasteiger partial charge in [0.05, 0.1) is 0 Å². The molecule has 62 valence electrons. The first-order valence-electron chi connectivity index (χ1n) is 4.30. The molecule has 0 aromatic rings. The maximum atomic E-state index is 3.96. The van der Waals surface area contributed by atoms with Gasteiger partial charge < -0.3 is 5.32 Å². The van der Waals surface area contributed by atoms with Crippen molar-refractivity contribution in [2.45, 2.75) is 39.2 Å². The number of hydrogen-bond donors (Lipinski definition) is 1. The van der Waals surface area contributed by atoms with Crippen LogP contribution in [0.5, 0.6) is 0 Å². The highest BCUT2D eigenvalue weighted by atomic mass is 14.9. The SMILES string of the molecule is C=C(CCC1=CC1)NC(C)C. The molecule has 0 radical (unpaired) electrons. The van der Waals surface area contributed by atoms with Crippen molar-refractivity contribution in [3.8, 4) is 0 Å². The molecule has 0 saturated carbocycles. The predicted octanol–water partition coefficient (Wildman–Crippen LogP) is 2.61. The molecule has 0 aromatic carbocycles. The van der Waals surface area contributed by atoms with E-state index in [2.05, 4.69) is 31.8 Å². The summed E-state index contributed by atoms with van der Waals surface area (Å²) >= 11 is 0. The Bertz CT molecular complexity index is 177. The van der Waals surface area contributed by atoms with E-state index in [9.17, 15) is 0 Å². The minimum atomic E-state index is 0.524. The highest BCUT2D eigenvalue weighted by molar-refractivity contribution is 5.22. The molecule has 0 heterocycles. The van der Waals surface area contributed by atoms with Crippen LogP contribution in [0, 0.1) is 0 Å². The van der Waals surface area contributed by atoms with Crippen molar-refractivity contribution in [3.63, 3.8) is 0 Å². The predicted molar refractivity (Wildman–Crippen MR) is 49.3 cm³/mol. The summed E-state index contributed by atoms with van der Waals surface area (Å²) in [5.41, 5.74) is 2.77. The zero-order valence-electron chi connectivity index (χ0n) is 7.48. The molecule has 0 saturated heterocycles. The Hall–Kier alpha value is -0.720. The zero-order valence-corrected chi connectivity index (χ0v) is 7.48. The van der Waals surface area contributed by atoms with E-state index >= 15 is 0 Å². The number of allylic oxidation sites excluding steroid dienone is 3. The van der Waals surface area contributed by atoms with Crippen LogP contribution in [-0.4, -0.2) is 6.04 Å². The first-order valence-corrected chi connectivity index (χ1v) is 4.30. The lowest BCUT2D eigenvalue weighted by Gasteiger charge is -2.11. The molecule has 0 unspecified atom stereocenters.